The molecule has 0 aromatic rings. The van der Waals surface area contributed by atoms with Crippen LogP contribution in [0.25, 0.3) is 0 Å². The van der Waals surface area contributed by atoms with Crippen molar-refractivity contribution in [3.63, 3.8) is 0 Å². The van der Waals surface area contributed by atoms with Crippen LogP contribution in [0.15, 0.2) is 0 Å². The molecule has 0 aliphatic rings. The van der Waals surface area contributed by atoms with Crippen molar-refractivity contribution < 1.29 is 66.0 Å². The van der Waals surface area contributed by atoms with E-state index in [-0.39, 0.29) is 34.7 Å². The van der Waals surface area contributed by atoms with E-state index >= 15 is 0 Å². The Bertz CT molecular complexity index is 398. The topological polar surface area (TPSA) is 266 Å². The summed E-state index contributed by atoms with van der Waals surface area (Å²) < 4.78 is 43.9. The van der Waals surface area contributed by atoms with E-state index in [1.807, 2.05) is 0 Å². The first kappa shape index (κ1) is 29.6. The van der Waals surface area contributed by atoms with Gasteiger partial charge in [-0.2, -0.15) is 7.82 Å². The summed E-state index contributed by atoms with van der Waals surface area (Å²) in [5.41, 5.74) is 0. The van der Waals surface area contributed by atoms with Gasteiger partial charge in [0.05, 0.1) is 7.82 Å². The van der Waals surface area contributed by atoms with E-state index in [2.05, 4.69) is 8.62 Å². The molecule has 0 aromatic heterocycles. The van der Waals surface area contributed by atoms with Gasteiger partial charge in [-0.25, -0.2) is 8.88 Å². The summed E-state index contributed by atoms with van der Waals surface area (Å²) >= 11 is 0. The van der Waals surface area contributed by atoms with E-state index < -0.39 is 31.3 Å². The van der Waals surface area contributed by atoms with Crippen molar-refractivity contribution in [3.8, 4) is 0 Å². The van der Waals surface area contributed by atoms with E-state index in [1.54, 1.807) is 0 Å². The van der Waals surface area contributed by atoms with Gasteiger partial charge in [-0.05, 0) is 0 Å². The van der Waals surface area contributed by atoms with Crippen LogP contribution >= 0.6 is 31.3 Å². The van der Waals surface area contributed by atoms with Crippen LogP contribution in [0.1, 0.15) is 0 Å². The van der Waals surface area contributed by atoms with Gasteiger partial charge in [-0.3, -0.25) is 8.88 Å². The largest absolute Gasteiger partial charge is 3.00 e. The zero-order valence-electron chi connectivity index (χ0n) is 8.74. The molecule has 1 unspecified atom stereocenters. The van der Waals surface area contributed by atoms with Crippen LogP contribution in [0.5, 0.6) is 0 Å². The fraction of sp³-hybridized carbons (Fsp3) is 0. The Hall–Kier alpha value is 1.58. The first-order chi connectivity index (χ1) is 7.41. The van der Waals surface area contributed by atoms with E-state index in [0.717, 1.165) is 0 Å². The van der Waals surface area contributed by atoms with Crippen molar-refractivity contribution in [2.24, 2.45) is 0 Å². The van der Waals surface area contributed by atoms with E-state index in [4.69, 9.17) is 29.0 Å². The van der Waals surface area contributed by atoms with Crippen LogP contribution < -0.4 is 29.4 Å². The van der Waals surface area contributed by atoms with Gasteiger partial charge in [0, 0.05) is 0 Å². The summed E-state index contributed by atoms with van der Waals surface area (Å²) in [6, 6.07) is 0. The van der Waals surface area contributed by atoms with Crippen LogP contribution in [0.2, 0.25) is 0 Å². The van der Waals surface area contributed by atoms with E-state index in [9.17, 15) is 28.4 Å². The minimum atomic E-state index is -5.92. The Morgan fingerprint density at radius 3 is 1.10 bits per heavy atom. The minimum Gasteiger partial charge on any atom is -0.822 e. The number of rotatable bonds is 4. The van der Waals surface area contributed by atoms with Gasteiger partial charge in [0.15, 0.2) is 0 Å². The average molecular weight is 404 g/mol. The third kappa shape index (κ3) is 36.7. The number of phosphoric acid groups is 4. The fourth-order valence-electron chi connectivity index (χ4n) is 0.268. The molecule has 0 radical (unpaired) electrons. The molecule has 20 heteroatoms. The van der Waals surface area contributed by atoms with Crippen molar-refractivity contribution in [1.82, 2.24) is 0 Å². The quantitative estimate of drug-likeness (QED) is 0.326. The molecule has 0 aliphatic heterocycles. The molecule has 0 aliphatic carbocycles. The van der Waals surface area contributed by atoms with Gasteiger partial charge in [0.1, 0.15) is 0 Å². The van der Waals surface area contributed by atoms with Crippen LogP contribution in [-0.2, 0) is 26.9 Å². The van der Waals surface area contributed by atoms with Crippen LogP contribution in [-0.4, -0.2) is 44.5 Å². The summed E-state index contributed by atoms with van der Waals surface area (Å²) in [6.45, 7) is 0. The first-order valence-corrected chi connectivity index (χ1v) is 8.87. The summed E-state index contributed by atoms with van der Waals surface area (Å²) in [7, 11) is -22.6. The van der Waals surface area contributed by atoms with Crippen molar-refractivity contribution in [3.05, 3.63) is 0 Å². The van der Waals surface area contributed by atoms with Gasteiger partial charge in [-0.15, -0.1) is 0 Å². The molecular weight excluding hydrogens is 402 g/mol. The normalized spacial score (nSPS) is 14.8. The molecule has 0 bridgehead atoms. The number of hydrogen-bond acceptors (Lipinski definition) is 12. The molecule has 112 valence electrons. The molecule has 14 nitrogen and oxygen atoms in total. The maximum Gasteiger partial charge on any atom is 3.00 e. The predicted molar refractivity (Wildman–Crippen MR) is 48.5 cm³/mol. The first-order valence-electron chi connectivity index (χ1n) is 2.96. The average Bonchev–Trinajstić information content (AvgIpc) is 1.64. The second kappa shape index (κ2) is 10.4. The van der Waals surface area contributed by atoms with Crippen molar-refractivity contribution >= 4 is 66.0 Å². The summed E-state index contributed by atoms with van der Waals surface area (Å²) in [5.74, 6) is 0. The molecule has 1 atom stereocenters. The summed E-state index contributed by atoms with van der Waals surface area (Å²) in [4.78, 5) is 71.0. The molecule has 0 aromatic carbocycles. The molecule has 2 N–H and O–H groups in total. The van der Waals surface area contributed by atoms with Gasteiger partial charge in [0.2, 0.25) is 0 Å². The molecule has 0 saturated carbocycles. The van der Waals surface area contributed by atoms with Gasteiger partial charge in [0.25, 0.3) is 7.82 Å². The molecule has 0 amide bonds. The Labute approximate surface area is 132 Å². The van der Waals surface area contributed by atoms with Crippen LogP contribution in [0.4, 0.5) is 0 Å². The van der Waals surface area contributed by atoms with Crippen molar-refractivity contribution in [1.29, 1.82) is 0 Å². The number of hydrogen-bond donors (Lipinski definition) is 2. The second-order valence-electron chi connectivity index (χ2n) is 2.00. The fourth-order valence-corrected chi connectivity index (χ4v) is 2.68. The molecule has 0 fully saturated rings. The van der Waals surface area contributed by atoms with Gasteiger partial charge in [-0.1, -0.05) is 0 Å². The molecule has 0 saturated heterocycles. The molecule has 0 heterocycles. The minimum absolute atomic E-state index is 0. The standard InChI is InChI=1S/2Al.H5O10P3.H3O4P/c;;1-11(2,3)9-13(7,8)10-12(4,5)6;1-5(2,3)4/h;;(H,7,8)(H2,1,2,3)(H2,4,5,6);(H3,1,2,3,4)/q2*+3;;/p-6. The maximum absolute atomic E-state index is 10.2. The monoisotopic (exact) mass is 404 g/mol. The van der Waals surface area contributed by atoms with Crippen molar-refractivity contribution in [2.45, 2.75) is 0 Å². The Kier molecular flexibility index (Phi) is 15.3. The van der Waals surface area contributed by atoms with Crippen LogP contribution in [0.3, 0.4) is 0 Å². The smallest absolute Gasteiger partial charge is 0.822 e. The summed E-state index contributed by atoms with van der Waals surface area (Å²) in [6.07, 6.45) is 0. The Morgan fingerprint density at radius 1 is 0.700 bits per heavy atom. The van der Waals surface area contributed by atoms with Gasteiger partial charge < -0.3 is 48.3 Å². The zero-order valence-corrected chi connectivity index (χ0v) is 14.6. The predicted octanol–water partition coefficient (Wildman–Crippen LogP) is -6.18. The molecule has 20 heavy (non-hydrogen) atoms. The zero-order chi connectivity index (χ0) is 15.4. The Morgan fingerprint density at radius 2 is 0.950 bits per heavy atom. The van der Waals surface area contributed by atoms with Crippen LogP contribution in [0, 0.1) is 0 Å². The van der Waals surface area contributed by atoms with Gasteiger partial charge >= 0.3 is 42.5 Å². The Balaban J connectivity index is -0.000000158. The molecular formula is H2Al2O14P4. The third-order valence-electron chi connectivity index (χ3n) is 0.406. The van der Waals surface area contributed by atoms with E-state index in [1.165, 1.54) is 0 Å². The SMILES string of the molecule is O=P([O-])([O-])OP(=O)([O-])OP(=O)(O)O.O=P([O-])([O-])[O-].[Al+3].[Al+3]. The van der Waals surface area contributed by atoms with Crippen molar-refractivity contribution in [2.75, 3.05) is 0 Å². The summed E-state index contributed by atoms with van der Waals surface area (Å²) in [5, 5.41) is 0. The molecule has 0 rings (SSSR count). The molecule has 0 spiro atoms. The second-order valence-corrected chi connectivity index (χ2v) is 6.97. The third-order valence-corrected chi connectivity index (χ3v) is 3.66. The van der Waals surface area contributed by atoms with E-state index in [0.29, 0.717) is 0 Å². The maximum atomic E-state index is 10.2.